The van der Waals surface area contributed by atoms with Crippen LogP contribution < -0.4 is 5.32 Å². The molecule has 1 fully saturated rings. The van der Waals surface area contributed by atoms with Gasteiger partial charge >= 0.3 is 0 Å². The first-order valence-electron chi connectivity index (χ1n) is 9.87. The fourth-order valence-electron chi connectivity index (χ4n) is 3.44. The lowest BCUT2D eigenvalue weighted by atomic mass is 10.2. The predicted octanol–water partition coefficient (Wildman–Crippen LogP) is 3.00. The van der Waals surface area contributed by atoms with E-state index in [0.29, 0.717) is 17.8 Å². The van der Waals surface area contributed by atoms with Crippen LogP contribution in [0.5, 0.6) is 0 Å². The maximum Gasteiger partial charge on any atom is 0.233 e. The summed E-state index contributed by atoms with van der Waals surface area (Å²) in [5.41, 5.74) is 0.719. The highest BCUT2D eigenvalue weighted by Gasteiger charge is 2.31. The molecule has 1 aliphatic rings. The average molecular weight is 479 g/mol. The molecule has 0 saturated carbocycles. The molecule has 11 heteroatoms. The molecule has 2 heterocycles. The van der Waals surface area contributed by atoms with Crippen LogP contribution >= 0.6 is 11.8 Å². The molecule has 0 unspecified atom stereocenters. The lowest BCUT2D eigenvalue weighted by molar-refractivity contribution is -0.120. The summed E-state index contributed by atoms with van der Waals surface area (Å²) < 4.78 is 52.9. The molecule has 0 spiro atoms. The molecule has 168 valence electrons. The molecule has 1 aliphatic heterocycles. The standard InChI is InChI=1S/C21H20F2N4O3S2/c1-13(20(28)24-16-9-10-32(29,30)12-16)31-21-26-25-19(14-5-3-2-4-6-14)27(21)18-8-7-15(22)11-17(18)23/h2-8,11,13,16H,9-10,12H2,1H3,(H,24,28)/t13-,16+/m0/s1. The Hall–Kier alpha value is -2.79. The fourth-order valence-corrected chi connectivity index (χ4v) is 5.98. The number of sulfone groups is 1. The maximum atomic E-state index is 14.7. The number of carbonyl (C=O) groups excluding carboxylic acids is 1. The van der Waals surface area contributed by atoms with Gasteiger partial charge in [-0.15, -0.1) is 10.2 Å². The Morgan fingerprint density at radius 1 is 1.19 bits per heavy atom. The summed E-state index contributed by atoms with van der Waals surface area (Å²) in [6, 6.07) is 11.8. The minimum Gasteiger partial charge on any atom is -0.351 e. The molecule has 1 saturated heterocycles. The first-order chi connectivity index (χ1) is 15.2. The number of thioether (sulfide) groups is 1. The largest absolute Gasteiger partial charge is 0.351 e. The smallest absolute Gasteiger partial charge is 0.233 e. The lowest BCUT2D eigenvalue weighted by Crippen LogP contribution is -2.40. The van der Waals surface area contributed by atoms with E-state index >= 15 is 0 Å². The second kappa shape index (κ2) is 8.99. The SMILES string of the molecule is C[C@H](Sc1nnc(-c2ccccc2)n1-c1ccc(F)cc1F)C(=O)N[C@@H]1CCS(=O)(=O)C1. The number of halogens is 2. The number of amides is 1. The summed E-state index contributed by atoms with van der Waals surface area (Å²) in [7, 11) is -3.12. The van der Waals surface area contributed by atoms with Crippen molar-refractivity contribution in [3.05, 3.63) is 60.2 Å². The van der Waals surface area contributed by atoms with Crippen LogP contribution in [0.15, 0.2) is 53.7 Å². The third-order valence-corrected chi connectivity index (χ3v) is 7.86. The minimum atomic E-state index is -3.12. The van der Waals surface area contributed by atoms with Crippen LogP contribution in [0.4, 0.5) is 8.78 Å². The summed E-state index contributed by atoms with van der Waals surface area (Å²) in [5.74, 6) is -1.55. The van der Waals surface area contributed by atoms with Crippen LogP contribution in [-0.4, -0.2) is 51.9 Å². The van der Waals surface area contributed by atoms with Crippen LogP contribution in [0, 0.1) is 11.6 Å². The molecule has 7 nitrogen and oxygen atoms in total. The third-order valence-electron chi connectivity index (χ3n) is 5.05. The molecule has 1 N–H and O–H groups in total. The van der Waals surface area contributed by atoms with Gasteiger partial charge in [-0.1, -0.05) is 42.1 Å². The first kappa shape index (κ1) is 22.4. The molecule has 0 radical (unpaired) electrons. The van der Waals surface area contributed by atoms with Gasteiger partial charge in [0.1, 0.15) is 11.6 Å². The molecular formula is C21H20F2N4O3S2. The maximum absolute atomic E-state index is 14.7. The van der Waals surface area contributed by atoms with E-state index in [9.17, 15) is 22.0 Å². The number of hydrogen-bond acceptors (Lipinski definition) is 6. The zero-order valence-corrected chi connectivity index (χ0v) is 18.7. The Morgan fingerprint density at radius 3 is 2.59 bits per heavy atom. The van der Waals surface area contributed by atoms with Crippen molar-refractivity contribution in [2.45, 2.75) is 29.8 Å². The van der Waals surface area contributed by atoms with E-state index in [0.717, 1.165) is 23.9 Å². The van der Waals surface area contributed by atoms with Gasteiger partial charge in [0.2, 0.25) is 5.91 Å². The second-order valence-corrected chi connectivity index (χ2v) is 11.0. The summed E-state index contributed by atoms with van der Waals surface area (Å²) in [6.07, 6.45) is 0.376. The topological polar surface area (TPSA) is 93.9 Å². The number of aromatic nitrogens is 3. The van der Waals surface area contributed by atoms with E-state index in [4.69, 9.17) is 0 Å². The van der Waals surface area contributed by atoms with Crippen LogP contribution in [0.2, 0.25) is 0 Å². The molecule has 1 aromatic heterocycles. The minimum absolute atomic E-state index is 0.0484. The van der Waals surface area contributed by atoms with Gasteiger partial charge in [-0.25, -0.2) is 17.2 Å². The molecule has 32 heavy (non-hydrogen) atoms. The van der Waals surface area contributed by atoms with E-state index in [2.05, 4.69) is 15.5 Å². The summed E-state index contributed by atoms with van der Waals surface area (Å²) >= 11 is 1.05. The average Bonchev–Trinajstić information content (AvgIpc) is 3.31. The quantitative estimate of drug-likeness (QED) is 0.548. The van der Waals surface area contributed by atoms with Gasteiger partial charge in [0, 0.05) is 17.7 Å². The number of rotatable bonds is 6. The Balaban J connectivity index is 1.64. The predicted molar refractivity (Wildman–Crippen MR) is 117 cm³/mol. The normalized spacial score (nSPS) is 18.4. The Bertz CT molecular complexity index is 1250. The van der Waals surface area contributed by atoms with E-state index in [-0.39, 0.29) is 28.3 Å². The van der Waals surface area contributed by atoms with Crippen molar-refractivity contribution >= 4 is 27.5 Å². The Kier molecular flexibility index (Phi) is 6.29. The van der Waals surface area contributed by atoms with E-state index < -0.39 is 32.8 Å². The molecule has 3 aromatic rings. The monoisotopic (exact) mass is 478 g/mol. The van der Waals surface area contributed by atoms with E-state index in [1.54, 1.807) is 31.2 Å². The van der Waals surface area contributed by atoms with Gasteiger partial charge in [0.05, 0.1) is 22.4 Å². The molecule has 0 aliphatic carbocycles. The summed E-state index contributed by atoms with van der Waals surface area (Å²) in [5, 5.41) is 10.7. The van der Waals surface area contributed by atoms with Gasteiger partial charge in [-0.05, 0) is 25.5 Å². The highest BCUT2D eigenvalue weighted by molar-refractivity contribution is 8.00. The van der Waals surface area contributed by atoms with Gasteiger partial charge in [-0.2, -0.15) is 0 Å². The molecule has 4 rings (SSSR count). The van der Waals surface area contributed by atoms with Gasteiger partial charge < -0.3 is 5.32 Å². The Labute approximate surface area is 188 Å². The van der Waals surface area contributed by atoms with Gasteiger partial charge in [0.15, 0.2) is 20.8 Å². The van der Waals surface area contributed by atoms with Gasteiger partial charge in [-0.3, -0.25) is 9.36 Å². The zero-order chi connectivity index (χ0) is 22.9. The molecule has 2 atom stereocenters. The van der Waals surface area contributed by atoms with E-state index in [1.807, 2.05) is 6.07 Å². The van der Waals surface area contributed by atoms with Crippen molar-refractivity contribution in [3.8, 4) is 17.1 Å². The molecule has 2 aromatic carbocycles. The number of nitrogens with one attached hydrogen (secondary N) is 1. The summed E-state index contributed by atoms with van der Waals surface area (Å²) in [6.45, 7) is 1.64. The summed E-state index contributed by atoms with van der Waals surface area (Å²) in [4.78, 5) is 12.6. The Morgan fingerprint density at radius 2 is 1.94 bits per heavy atom. The molecular weight excluding hydrogens is 458 g/mol. The van der Waals surface area contributed by atoms with Crippen molar-refractivity contribution in [2.24, 2.45) is 0 Å². The van der Waals surface area contributed by atoms with Crippen molar-refractivity contribution in [2.75, 3.05) is 11.5 Å². The zero-order valence-electron chi connectivity index (χ0n) is 17.0. The second-order valence-electron chi connectivity index (χ2n) is 7.47. The van der Waals surface area contributed by atoms with Crippen LogP contribution in [-0.2, 0) is 14.6 Å². The first-order valence-corrected chi connectivity index (χ1v) is 12.6. The van der Waals surface area contributed by atoms with Crippen molar-refractivity contribution < 1.29 is 22.0 Å². The van der Waals surface area contributed by atoms with Crippen LogP contribution in [0.25, 0.3) is 17.1 Å². The highest BCUT2D eigenvalue weighted by Crippen LogP contribution is 2.31. The van der Waals surface area contributed by atoms with Crippen LogP contribution in [0.1, 0.15) is 13.3 Å². The number of nitrogens with zero attached hydrogens (tertiary/aromatic N) is 3. The van der Waals surface area contributed by atoms with E-state index in [1.165, 1.54) is 10.6 Å². The van der Waals surface area contributed by atoms with Gasteiger partial charge in [0.25, 0.3) is 0 Å². The van der Waals surface area contributed by atoms with Crippen molar-refractivity contribution in [1.29, 1.82) is 0 Å². The van der Waals surface area contributed by atoms with Crippen molar-refractivity contribution in [1.82, 2.24) is 20.1 Å². The number of benzene rings is 2. The molecule has 1 amide bonds. The third kappa shape index (κ3) is 4.83. The van der Waals surface area contributed by atoms with Crippen LogP contribution in [0.3, 0.4) is 0 Å². The van der Waals surface area contributed by atoms with Crippen molar-refractivity contribution in [3.63, 3.8) is 0 Å². The lowest BCUT2D eigenvalue weighted by Gasteiger charge is -2.16. The molecule has 0 bridgehead atoms. The fraction of sp³-hybridized carbons (Fsp3) is 0.286. The number of hydrogen-bond donors (Lipinski definition) is 1. The number of carbonyl (C=O) groups is 1. The highest BCUT2D eigenvalue weighted by atomic mass is 32.2.